The molecule has 104 valence electrons. The summed E-state index contributed by atoms with van der Waals surface area (Å²) < 4.78 is 0. The largest absolute Gasteiger partial charge is 0.269 e. The Hall–Kier alpha value is -1.09. The van der Waals surface area contributed by atoms with E-state index in [4.69, 9.17) is 11.6 Å². The number of nitrogens with zero attached hydrogens (tertiary/aromatic N) is 1. The van der Waals surface area contributed by atoms with E-state index in [9.17, 15) is 10.1 Å². The summed E-state index contributed by atoms with van der Waals surface area (Å²) >= 11 is 6.54. The molecule has 19 heavy (non-hydrogen) atoms. The average molecular weight is 282 g/mol. The molecule has 1 aromatic carbocycles. The predicted molar refractivity (Wildman–Crippen MR) is 77.6 cm³/mol. The molecule has 1 saturated carbocycles. The Kier molecular flexibility index (Phi) is 5.20. The van der Waals surface area contributed by atoms with E-state index in [-0.39, 0.29) is 16.0 Å². The molecule has 2 rings (SSSR count). The van der Waals surface area contributed by atoms with E-state index in [2.05, 4.69) is 0 Å². The Morgan fingerprint density at radius 3 is 2.26 bits per heavy atom. The van der Waals surface area contributed by atoms with Gasteiger partial charge in [0.05, 0.1) is 4.92 Å². The van der Waals surface area contributed by atoms with Gasteiger partial charge >= 0.3 is 0 Å². The first kappa shape index (κ1) is 14.3. The van der Waals surface area contributed by atoms with Crippen LogP contribution in [0.5, 0.6) is 0 Å². The summed E-state index contributed by atoms with van der Waals surface area (Å²) in [4.78, 5) is 10.2. The smallest absolute Gasteiger partial charge is 0.258 e. The lowest BCUT2D eigenvalue weighted by Crippen LogP contribution is -2.17. The van der Waals surface area contributed by atoms with E-state index in [1.807, 2.05) is 12.1 Å². The standard InChI is InChI=1S/C15H20ClNO2/c16-15(13-5-3-1-2-4-6-13)11-12-7-9-14(10-8-12)17(18)19/h7-10,13,15H,1-6,11H2. The Balaban J connectivity index is 1.93. The lowest BCUT2D eigenvalue weighted by Gasteiger charge is -2.20. The third kappa shape index (κ3) is 4.20. The zero-order valence-electron chi connectivity index (χ0n) is 11.1. The topological polar surface area (TPSA) is 43.1 Å². The molecule has 1 fully saturated rings. The van der Waals surface area contributed by atoms with Crippen LogP contribution in [0, 0.1) is 16.0 Å². The highest BCUT2D eigenvalue weighted by molar-refractivity contribution is 6.20. The van der Waals surface area contributed by atoms with Crippen LogP contribution in [0.2, 0.25) is 0 Å². The normalized spacial score (nSPS) is 18.8. The van der Waals surface area contributed by atoms with Crippen LogP contribution in [0.1, 0.15) is 44.1 Å². The van der Waals surface area contributed by atoms with E-state index >= 15 is 0 Å². The first-order valence-electron chi connectivity index (χ1n) is 7.04. The van der Waals surface area contributed by atoms with Crippen LogP contribution in [0.15, 0.2) is 24.3 Å². The summed E-state index contributed by atoms with van der Waals surface area (Å²) in [6.07, 6.45) is 8.49. The molecule has 1 aliphatic carbocycles. The SMILES string of the molecule is O=[N+]([O-])c1ccc(CC(Cl)C2CCCCCC2)cc1. The second-order valence-corrected chi connectivity index (χ2v) is 5.96. The molecule has 1 unspecified atom stereocenters. The molecule has 0 bridgehead atoms. The maximum atomic E-state index is 10.6. The number of hydrogen-bond donors (Lipinski definition) is 0. The summed E-state index contributed by atoms with van der Waals surface area (Å²) in [7, 11) is 0. The fourth-order valence-corrected chi connectivity index (χ4v) is 3.25. The van der Waals surface area contributed by atoms with E-state index in [0.29, 0.717) is 5.92 Å². The van der Waals surface area contributed by atoms with Crippen LogP contribution >= 0.6 is 11.6 Å². The molecule has 1 atom stereocenters. The van der Waals surface area contributed by atoms with E-state index in [1.54, 1.807) is 12.1 Å². The minimum Gasteiger partial charge on any atom is -0.258 e. The fourth-order valence-electron chi connectivity index (χ4n) is 2.82. The lowest BCUT2D eigenvalue weighted by atomic mass is 9.92. The number of nitro groups is 1. The zero-order valence-corrected chi connectivity index (χ0v) is 11.8. The van der Waals surface area contributed by atoms with Crippen molar-refractivity contribution >= 4 is 17.3 Å². The Morgan fingerprint density at radius 2 is 1.74 bits per heavy atom. The number of non-ortho nitro benzene ring substituents is 1. The maximum absolute atomic E-state index is 10.6. The van der Waals surface area contributed by atoms with Gasteiger partial charge in [-0.05, 0) is 30.7 Å². The van der Waals surface area contributed by atoms with E-state index < -0.39 is 0 Å². The van der Waals surface area contributed by atoms with Gasteiger partial charge in [0.15, 0.2) is 0 Å². The van der Waals surface area contributed by atoms with Gasteiger partial charge in [-0.15, -0.1) is 11.6 Å². The minimum atomic E-state index is -0.368. The Labute approximate surface area is 119 Å². The molecular weight excluding hydrogens is 262 g/mol. The summed E-state index contributed by atoms with van der Waals surface area (Å²) in [6.45, 7) is 0. The van der Waals surface area contributed by atoms with Gasteiger partial charge in [0.1, 0.15) is 0 Å². The number of halogens is 1. The van der Waals surface area contributed by atoms with Crippen molar-refractivity contribution in [1.29, 1.82) is 0 Å². The monoisotopic (exact) mass is 281 g/mol. The van der Waals surface area contributed by atoms with Crippen molar-refractivity contribution in [3.63, 3.8) is 0 Å². The van der Waals surface area contributed by atoms with Gasteiger partial charge in [-0.2, -0.15) is 0 Å². The van der Waals surface area contributed by atoms with Crippen LogP contribution in [0.4, 0.5) is 5.69 Å². The van der Waals surface area contributed by atoms with E-state index in [0.717, 1.165) is 12.0 Å². The first-order valence-corrected chi connectivity index (χ1v) is 7.48. The molecule has 0 saturated heterocycles. The van der Waals surface area contributed by atoms with Gasteiger partial charge in [0, 0.05) is 17.5 Å². The predicted octanol–water partition coefficient (Wildman–Crippen LogP) is 4.72. The molecule has 0 heterocycles. The maximum Gasteiger partial charge on any atom is 0.269 e. The third-order valence-electron chi connectivity index (χ3n) is 3.99. The number of alkyl halides is 1. The van der Waals surface area contributed by atoms with Crippen LogP contribution in [0.25, 0.3) is 0 Å². The number of hydrogen-bond acceptors (Lipinski definition) is 2. The summed E-state index contributed by atoms with van der Waals surface area (Å²) in [5.41, 5.74) is 1.24. The molecule has 0 aromatic heterocycles. The fraction of sp³-hybridized carbons (Fsp3) is 0.600. The molecule has 1 aromatic rings. The van der Waals surface area contributed by atoms with Crippen LogP contribution in [-0.2, 0) is 6.42 Å². The van der Waals surface area contributed by atoms with Crippen molar-refractivity contribution < 1.29 is 4.92 Å². The quantitative estimate of drug-likeness (QED) is 0.347. The molecule has 0 spiro atoms. The van der Waals surface area contributed by atoms with E-state index in [1.165, 1.54) is 38.5 Å². The highest BCUT2D eigenvalue weighted by atomic mass is 35.5. The molecule has 3 nitrogen and oxygen atoms in total. The minimum absolute atomic E-state index is 0.143. The Morgan fingerprint density at radius 1 is 1.16 bits per heavy atom. The van der Waals surface area contributed by atoms with Crippen molar-refractivity contribution in [1.82, 2.24) is 0 Å². The van der Waals surface area contributed by atoms with Crippen molar-refractivity contribution in [3.8, 4) is 0 Å². The van der Waals surface area contributed by atoms with Gasteiger partial charge in [0.2, 0.25) is 0 Å². The van der Waals surface area contributed by atoms with Crippen molar-refractivity contribution in [2.24, 2.45) is 5.92 Å². The van der Waals surface area contributed by atoms with Crippen LogP contribution < -0.4 is 0 Å². The second kappa shape index (κ2) is 6.90. The van der Waals surface area contributed by atoms with Crippen LogP contribution in [-0.4, -0.2) is 10.3 Å². The number of rotatable bonds is 4. The summed E-state index contributed by atoms with van der Waals surface area (Å²) in [6, 6.07) is 6.77. The molecule has 0 N–H and O–H groups in total. The van der Waals surface area contributed by atoms with Gasteiger partial charge in [-0.3, -0.25) is 10.1 Å². The molecule has 0 aliphatic heterocycles. The van der Waals surface area contributed by atoms with Gasteiger partial charge in [-0.1, -0.05) is 37.8 Å². The average Bonchev–Trinajstić information content (AvgIpc) is 2.68. The van der Waals surface area contributed by atoms with Crippen molar-refractivity contribution in [3.05, 3.63) is 39.9 Å². The second-order valence-electron chi connectivity index (χ2n) is 5.40. The van der Waals surface area contributed by atoms with Crippen LogP contribution in [0.3, 0.4) is 0 Å². The number of benzene rings is 1. The molecular formula is C15H20ClNO2. The van der Waals surface area contributed by atoms with Crippen molar-refractivity contribution in [2.45, 2.75) is 50.3 Å². The van der Waals surface area contributed by atoms with Gasteiger partial charge in [-0.25, -0.2) is 0 Å². The lowest BCUT2D eigenvalue weighted by molar-refractivity contribution is -0.384. The highest BCUT2D eigenvalue weighted by Crippen LogP contribution is 2.30. The molecule has 1 aliphatic rings. The summed E-state index contributed by atoms with van der Waals surface area (Å²) in [5.74, 6) is 0.597. The molecule has 0 radical (unpaired) electrons. The molecule has 4 heteroatoms. The number of nitro benzene ring substituents is 1. The zero-order chi connectivity index (χ0) is 13.7. The van der Waals surface area contributed by atoms with Gasteiger partial charge < -0.3 is 0 Å². The third-order valence-corrected chi connectivity index (χ3v) is 4.50. The van der Waals surface area contributed by atoms with Crippen molar-refractivity contribution in [2.75, 3.05) is 0 Å². The Bertz CT molecular complexity index is 411. The first-order chi connectivity index (χ1) is 9.16. The summed E-state index contributed by atoms with van der Waals surface area (Å²) in [5, 5.41) is 10.8. The van der Waals surface area contributed by atoms with Gasteiger partial charge in [0.25, 0.3) is 5.69 Å². The molecule has 0 amide bonds. The highest BCUT2D eigenvalue weighted by Gasteiger charge is 2.21.